The second kappa shape index (κ2) is 10.2. The SMILES string of the molecule is CC(C)c1ccc2nc(-c3[c-]cccc3)ccc2c1.CC1(C)CC2CC(C)(C)C(O)C2C1O.[Ir]. The maximum absolute atomic E-state index is 10.2. The minimum absolute atomic E-state index is 0. The number of hydrogen-bond donors (Lipinski definition) is 2. The number of pyridine rings is 1. The molecule has 2 fully saturated rings. The fourth-order valence-corrected chi connectivity index (χ4v) is 5.87. The molecule has 2 N–H and O–H groups in total. The molecule has 185 valence electrons. The molecule has 1 aromatic heterocycles. The Hall–Kier alpha value is -1.58. The molecule has 5 rings (SSSR count). The smallest absolute Gasteiger partial charge is 0.0646 e. The van der Waals surface area contributed by atoms with Crippen molar-refractivity contribution in [3.63, 3.8) is 0 Å². The molecule has 4 heteroatoms. The predicted octanol–water partition coefficient (Wildman–Crippen LogP) is 6.62. The average Bonchev–Trinajstić information content (AvgIpc) is 3.13. The van der Waals surface area contributed by atoms with Gasteiger partial charge in [0.05, 0.1) is 17.7 Å². The van der Waals surface area contributed by atoms with Crippen LogP contribution in [0.4, 0.5) is 0 Å². The van der Waals surface area contributed by atoms with Gasteiger partial charge >= 0.3 is 0 Å². The van der Waals surface area contributed by atoms with Gasteiger partial charge < -0.3 is 10.2 Å². The molecule has 0 saturated heterocycles. The Morgan fingerprint density at radius 1 is 0.912 bits per heavy atom. The van der Waals surface area contributed by atoms with Gasteiger partial charge in [0.25, 0.3) is 0 Å². The molecule has 34 heavy (non-hydrogen) atoms. The van der Waals surface area contributed by atoms with Gasteiger partial charge in [-0.1, -0.05) is 59.7 Å². The number of nitrogens with zero attached hydrogens (tertiary/aromatic N) is 1. The number of benzene rings is 2. The standard InChI is InChI=1S/C18H16N.C12H22O2.Ir/c1-13(2)15-8-10-18-16(12-15)9-11-17(19-18)14-6-4-3-5-7-14;1-11(2)5-7-6-12(3,4)10(14)8(7)9(11)13;/h3-6,8-13H,1-2H3;7-10,13-14H,5-6H2,1-4H3;/q-1;;. The maximum atomic E-state index is 10.2. The molecular weight excluding hydrogens is 599 g/mol. The van der Waals surface area contributed by atoms with E-state index in [9.17, 15) is 10.2 Å². The van der Waals surface area contributed by atoms with Crippen LogP contribution in [0.3, 0.4) is 0 Å². The molecule has 2 aliphatic carbocycles. The first-order chi connectivity index (χ1) is 15.5. The Morgan fingerprint density at radius 2 is 1.56 bits per heavy atom. The van der Waals surface area contributed by atoms with Crippen molar-refractivity contribution in [1.82, 2.24) is 4.98 Å². The Balaban J connectivity index is 0.000000193. The minimum atomic E-state index is -0.329. The topological polar surface area (TPSA) is 53.4 Å². The zero-order valence-corrected chi connectivity index (χ0v) is 23.6. The van der Waals surface area contributed by atoms with Crippen molar-refractivity contribution in [2.75, 3.05) is 0 Å². The summed E-state index contributed by atoms with van der Waals surface area (Å²) < 4.78 is 0. The molecular formula is C30H38IrNO2-. The normalized spacial score (nSPS) is 26.5. The molecule has 0 spiro atoms. The molecule has 2 aliphatic rings. The van der Waals surface area contributed by atoms with E-state index in [1.54, 1.807) is 0 Å². The maximum Gasteiger partial charge on any atom is 0.0646 e. The summed E-state index contributed by atoms with van der Waals surface area (Å²) in [5, 5.41) is 21.5. The Morgan fingerprint density at radius 3 is 2.09 bits per heavy atom. The van der Waals surface area contributed by atoms with E-state index in [2.05, 4.69) is 77.9 Å². The minimum Gasteiger partial charge on any atom is -0.392 e. The van der Waals surface area contributed by atoms with Gasteiger partial charge in [0.15, 0.2) is 0 Å². The fourth-order valence-electron chi connectivity index (χ4n) is 5.87. The van der Waals surface area contributed by atoms with Gasteiger partial charge in [0.1, 0.15) is 0 Å². The monoisotopic (exact) mass is 637 g/mol. The first kappa shape index (κ1) is 27.0. The van der Waals surface area contributed by atoms with Gasteiger partial charge in [-0.3, -0.25) is 4.98 Å². The Kier molecular flexibility index (Phi) is 8.09. The van der Waals surface area contributed by atoms with Crippen LogP contribution in [0.5, 0.6) is 0 Å². The predicted molar refractivity (Wildman–Crippen MR) is 136 cm³/mol. The summed E-state index contributed by atoms with van der Waals surface area (Å²) in [6.07, 6.45) is 1.45. The summed E-state index contributed by atoms with van der Waals surface area (Å²) in [6.45, 7) is 12.8. The summed E-state index contributed by atoms with van der Waals surface area (Å²) in [7, 11) is 0. The van der Waals surface area contributed by atoms with Crippen molar-refractivity contribution in [3.8, 4) is 11.3 Å². The van der Waals surface area contributed by atoms with E-state index in [1.165, 1.54) is 10.9 Å². The van der Waals surface area contributed by atoms with Crippen LogP contribution >= 0.6 is 0 Å². The van der Waals surface area contributed by atoms with E-state index in [0.717, 1.165) is 29.6 Å². The van der Waals surface area contributed by atoms with Crippen LogP contribution in [0.25, 0.3) is 22.2 Å². The summed E-state index contributed by atoms with van der Waals surface area (Å²) >= 11 is 0. The van der Waals surface area contributed by atoms with E-state index >= 15 is 0 Å². The summed E-state index contributed by atoms with van der Waals surface area (Å²) in [6, 6.07) is 21.9. The van der Waals surface area contributed by atoms with Crippen LogP contribution in [0, 0.1) is 28.7 Å². The number of fused-ring (bicyclic) bond motifs is 2. The van der Waals surface area contributed by atoms with E-state index in [1.807, 2.05) is 24.3 Å². The zero-order valence-electron chi connectivity index (χ0n) is 21.2. The molecule has 1 radical (unpaired) electrons. The number of aliphatic hydroxyl groups is 2. The van der Waals surface area contributed by atoms with Gasteiger partial charge in [0, 0.05) is 26.0 Å². The molecule has 0 aliphatic heterocycles. The van der Waals surface area contributed by atoms with Gasteiger partial charge in [-0.25, -0.2) is 0 Å². The molecule has 2 aromatic carbocycles. The van der Waals surface area contributed by atoms with Crippen molar-refractivity contribution in [2.45, 2.75) is 72.5 Å². The van der Waals surface area contributed by atoms with Crippen molar-refractivity contribution >= 4 is 10.9 Å². The molecule has 2 atom stereocenters. The molecule has 3 nitrogen and oxygen atoms in total. The van der Waals surface area contributed by atoms with Crippen molar-refractivity contribution in [2.24, 2.45) is 22.7 Å². The quantitative estimate of drug-likeness (QED) is 0.311. The third kappa shape index (κ3) is 5.31. The van der Waals surface area contributed by atoms with Crippen molar-refractivity contribution < 1.29 is 30.3 Å². The summed E-state index contributed by atoms with van der Waals surface area (Å²) in [4.78, 5) is 4.71. The number of aromatic nitrogens is 1. The molecule has 0 bridgehead atoms. The third-order valence-electron chi connectivity index (χ3n) is 7.82. The molecule has 1 heterocycles. The average molecular weight is 637 g/mol. The number of rotatable bonds is 2. The van der Waals surface area contributed by atoms with Crippen molar-refractivity contribution in [1.29, 1.82) is 0 Å². The Bertz CT molecular complexity index is 1090. The van der Waals surface area contributed by atoms with Crippen LogP contribution in [0.1, 0.15) is 65.9 Å². The second-order valence-corrected chi connectivity index (χ2v) is 11.7. The van der Waals surface area contributed by atoms with Gasteiger partial charge in [0.2, 0.25) is 0 Å². The van der Waals surface area contributed by atoms with Crippen LogP contribution in [-0.2, 0) is 20.1 Å². The van der Waals surface area contributed by atoms with Gasteiger partial charge in [-0.05, 0) is 64.3 Å². The summed E-state index contributed by atoms with van der Waals surface area (Å²) in [5.41, 5.74) is 4.40. The van der Waals surface area contributed by atoms with Crippen LogP contribution < -0.4 is 0 Å². The number of hydrogen-bond acceptors (Lipinski definition) is 3. The van der Waals surface area contributed by atoms with Crippen molar-refractivity contribution in [3.05, 3.63) is 66.2 Å². The molecule has 2 saturated carbocycles. The van der Waals surface area contributed by atoms with Crippen LogP contribution in [0.15, 0.2) is 54.6 Å². The van der Waals surface area contributed by atoms with Gasteiger partial charge in [-0.15, -0.1) is 35.9 Å². The van der Waals surface area contributed by atoms with E-state index in [4.69, 9.17) is 4.98 Å². The molecule has 0 amide bonds. The fraction of sp³-hybridized carbons (Fsp3) is 0.500. The molecule has 2 unspecified atom stereocenters. The third-order valence-corrected chi connectivity index (χ3v) is 7.82. The van der Waals surface area contributed by atoms with Crippen LogP contribution in [0.2, 0.25) is 0 Å². The molecule has 3 aromatic rings. The second-order valence-electron chi connectivity index (χ2n) is 11.7. The van der Waals surface area contributed by atoms with E-state index < -0.39 is 0 Å². The number of aliphatic hydroxyl groups excluding tert-OH is 2. The van der Waals surface area contributed by atoms with Gasteiger partial charge in [-0.2, -0.15) is 0 Å². The van der Waals surface area contributed by atoms with Crippen LogP contribution in [-0.4, -0.2) is 27.4 Å². The largest absolute Gasteiger partial charge is 0.392 e. The van der Waals surface area contributed by atoms with E-state index in [0.29, 0.717) is 11.8 Å². The Labute approximate surface area is 218 Å². The zero-order chi connectivity index (χ0) is 24.0. The first-order valence-electron chi connectivity index (χ1n) is 12.2. The summed E-state index contributed by atoms with van der Waals surface area (Å²) in [5.74, 6) is 1.18. The first-order valence-corrected chi connectivity index (χ1v) is 12.2. The van der Waals surface area contributed by atoms with E-state index in [-0.39, 0.29) is 49.1 Å².